The number of isocyanates is 2. The van der Waals surface area contributed by atoms with Crippen LogP contribution in [0.1, 0.15) is 16.7 Å². The molecule has 0 atom stereocenters. The maximum atomic E-state index is 13.3. The molecule has 0 aromatic heterocycles. The average molecular weight is 496 g/mol. The number of imide groups is 1. The highest BCUT2D eigenvalue weighted by Crippen LogP contribution is 2.29. The number of nitrogens with zero attached hydrogens (tertiary/aromatic N) is 4. The molecule has 3 aromatic rings. The lowest BCUT2D eigenvalue weighted by Gasteiger charge is -2.23. The van der Waals surface area contributed by atoms with E-state index in [-0.39, 0.29) is 22.8 Å². The summed E-state index contributed by atoms with van der Waals surface area (Å²) in [5.74, 6) is 0.154. The van der Waals surface area contributed by atoms with Crippen LogP contribution < -0.4 is 20.3 Å². The molecule has 4 amide bonds. The number of benzene rings is 3. The fraction of sp³-hybridized carbons (Fsp3) is 0.115. The minimum Gasteiger partial charge on any atom is -0.388 e. The third kappa shape index (κ3) is 6.32. The molecule has 2 N–H and O–H groups in total. The Labute approximate surface area is 211 Å². The van der Waals surface area contributed by atoms with Crippen molar-refractivity contribution in [2.24, 2.45) is 9.98 Å². The quantitative estimate of drug-likeness (QED) is 0.254. The minimum absolute atomic E-state index is 0.0994. The molecule has 184 valence electrons. The molecular weight excluding hydrogens is 476 g/mol. The van der Waals surface area contributed by atoms with Crippen molar-refractivity contribution in [3.05, 3.63) is 71.3 Å². The zero-order valence-electron chi connectivity index (χ0n) is 20.0. The number of carbonyl (C=O) groups excluding carboxylic acids is 4. The van der Waals surface area contributed by atoms with Crippen molar-refractivity contribution in [2.75, 3.05) is 15.5 Å². The number of aryl methyl sites for hydroxylation is 3. The summed E-state index contributed by atoms with van der Waals surface area (Å²) in [4.78, 5) is 56.1. The molecule has 0 aliphatic heterocycles. The Morgan fingerprint density at radius 1 is 0.784 bits per heavy atom. The van der Waals surface area contributed by atoms with Crippen molar-refractivity contribution in [3.63, 3.8) is 0 Å². The summed E-state index contributed by atoms with van der Waals surface area (Å²) in [5, 5.41) is 14.2. The zero-order chi connectivity index (χ0) is 26.9. The number of amides is 4. The molecule has 0 fully saturated rings. The van der Waals surface area contributed by atoms with Gasteiger partial charge in [0.2, 0.25) is 12.2 Å². The number of ether oxygens (including phenoxy) is 1. The molecule has 0 spiro atoms. The number of rotatable bonds is 6. The van der Waals surface area contributed by atoms with Gasteiger partial charge in [-0.1, -0.05) is 18.2 Å². The number of hydrogen-bond acceptors (Lipinski definition) is 8. The molecule has 3 aromatic carbocycles. The van der Waals surface area contributed by atoms with E-state index >= 15 is 0 Å². The lowest BCUT2D eigenvalue weighted by molar-refractivity contribution is 0.246. The van der Waals surface area contributed by atoms with E-state index in [1.807, 2.05) is 0 Å². The predicted octanol–water partition coefficient (Wildman–Crippen LogP) is 5.68. The first-order chi connectivity index (χ1) is 17.8. The molecule has 0 saturated heterocycles. The van der Waals surface area contributed by atoms with Gasteiger partial charge in [-0.05, 0) is 67.8 Å². The Morgan fingerprint density at radius 2 is 1.27 bits per heavy atom. The fourth-order valence-electron chi connectivity index (χ4n) is 3.29. The van der Waals surface area contributed by atoms with Gasteiger partial charge in [0.05, 0.1) is 17.1 Å². The molecule has 11 nitrogen and oxygen atoms in total. The van der Waals surface area contributed by atoms with Crippen molar-refractivity contribution >= 4 is 52.7 Å². The molecule has 11 heteroatoms. The first kappa shape index (κ1) is 26.1. The molecule has 0 aliphatic rings. The van der Waals surface area contributed by atoms with E-state index in [1.54, 1.807) is 57.4 Å². The van der Waals surface area contributed by atoms with E-state index in [2.05, 4.69) is 20.6 Å². The molecule has 0 saturated carbocycles. The molecule has 0 aliphatic carbocycles. The number of nitrogens with one attached hydrogen (secondary N) is 2. The van der Waals surface area contributed by atoms with E-state index in [0.717, 1.165) is 4.90 Å². The van der Waals surface area contributed by atoms with Crippen LogP contribution in [-0.4, -0.2) is 24.2 Å². The van der Waals surface area contributed by atoms with Crippen LogP contribution in [0.5, 0.6) is 5.75 Å². The van der Waals surface area contributed by atoms with Crippen LogP contribution in [0.4, 0.5) is 38.0 Å². The Hall–Kier alpha value is -5.55. The highest BCUT2D eigenvalue weighted by Gasteiger charge is 2.25. The molecule has 3 rings (SSSR count). The molecule has 0 heterocycles. The van der Waals surface area contributed by atoms with Gasteiger partial charge in [-0.3, -0.25) is 0 Å². The number of hydrogen-bond donors (Lipinski definition) is 2. The van der Waals surface area contributed by atoms with Crippen LogP contribution in [0.2, 0.25) is 0 Å². The second-order valence-electron chi connectivity index (χ2n) is 7.75. The summed E-state index contributed by atoms with van der Waals surface area (Å²) in [6.07, 6.45) is 4.49. The standard InChI is InChI=1S/C26H20N6O5/c1-16-4-7-19(10-22(16)28-14-33)30-25(35)32(21-9-6-18(3)24(12-21)37-13-27)26(36)31-20-8-5-17(2)23(11-20)29-15-34/h4-12H,1-3H3,(H,30,35)(H,31,36). The van der Waals surface area contributed by atoms with E-state index < -0.39 is 12.1 Å². The van der Waals surface area contributed by atoms with Gasteiger partial charge in [0.1, 0.15) is 5.75 Å². The third-order valence-corrected chi connectivity index (χ3v) is 5.24. The van der Waals surface area contributed by atoms with Crippen LogP contribution in [0.15, 0.2) is 64.6 Å². The first-order valence-electron chi connectivity index (χ1n) is 10.7. The monoisotopic (exact) mass is 496 g/mol. The number of anilines is 3. The highest BCUT2D eigenvalue weighted by molar-refractivity contribution is 6.21. The van der Waals surface area contributed by atoms with E-state index in [1.165, 1.54) is 36.4 Å². The zero-order valence-corrected chi connectivity index (χ0v) is 20.0. The van der Waals surface area contributed by atoms with E-state index in [4.69, 9.17) is 10.00 Å². The number of urea groups is 2. The Balaban J connectivity index is 2.01. The molecule has 37 heavy (non-hydrogen) atoms. The second kappa shape index (κ2) is 11.7. The lowest BCUT2D eigenvalue weighted by atomic mass is 10.1. The van der Waals surface area contributed by atoms with Gasteiger partial charge in [0.15, 0.2) is 0 Å². The van der Waals surface area contributed by atoms with Gasteiger partial charge in [-0.2, -0.15) is 9.98 Å². The van der Waals surface area contributed by atoms with Gasteiger partial charge in [0, 0.05) is 17.4 Å². The largest absolute Gasteiger partial charge is 0.388 e. The Kier molecular flexibility index (Phi) is 8.26. The summed E-state index contributed by atoms with van der Waals surface area (Å²) >= 11 is 0. The summed E-state index contributed by atoms with van der Waals surface area (Å²) in [7, 11) is 0. The summed E-state index contributed by atoms with van der Waals surface area (Å²) in [6.45, 7) is 5.16. The maximum Gasteiger partial charge on any atom is 0.334 e. The van der Waals surface area contributed by atoms with E-state index in [9.17, 15) is 19.2 Å². The van der Waals surface area contributed by atoms with Gasteiger partial charge >= 0.3 is 12.1 Å². The molecule has 0 radical (unpaired) electrons. The third-order valence-electron chi connectivity index (χ3n) is 5.24. The molecule has 0 unspecified atom stereocenters. The number of carbonyl (C=O) groups is 2. The average Bonchev–Trinajstić information content (AvgIpc) is 2.86. The normalized spacial score (nSPS) is 9.68. The Bertz CT molecular complexity index is 1430. The molecule has 0 bridgehead atoms. The van der Waals surface area contributed by atoms with Crippen molar-refractivity contribution in [3.8, 4) is 12.0 Å². The molecular formula is C26H20N6O5. The van der Waals surface area contributed by atoms with Gasteiger partial charge in [-0.25, -0.2) is 24.1 Å². The van der Waals surface area contributed by atoms with Crippen LogP contribution in [-0.2, 0) is 9.59 Å². The maximum absolute atomic E-state index is 13.3. The van der Waals surface area contributed by atoms with Crippen LogP contribution in [0.25, 0.3) is 0 Å². The Morgan fingerprint density at radius 3 is 1.73 bits per heavy atom. The van der Waals surface area contributed by atoms with Crippen molar-refractivity contribution < 1.29 is 23.9 Å². The van der Waals surface area contributed by atoms with Gasteiger partial charge in [0.25, 0.3) is 6.26 Å². The summed E-state index contributed by atoms with van der Waals surface area (Å²) in [5.41, 5.74) is 3.19. The second-order valence-corrected chi connectivity index (χ2v) is 7.75. The SMILES string of the molecule is Cc1ccc(NC(=O)N(C(=O)Nc2ccc(C)c(N=C=O)c2)c2ccc(C)c(OC#N)c2)cc1N=C=O. The topological polar surface area (TPSA) is 153 Å². The van der Waals surface area contributed by atoms with Crippen LogP contribution in [0, 0.1) is 32.3 Å². The van der Waals surface area contributed by atoms with Crippen molar-refractivity contribution in [1.29, 1.82) is 5.26 Å². The van der Waals surface area contributed by atoms with Crippen molar-refractivity contribution in [1.82, 2.24) is 0 Å². The highest BCUT2D eigenvalue weighted by atomic mass is 16.5. The van der Waals surface area contributed by atoms with Crippen LogP contribution >= 0.6 is 0 Å². The smallest absolute Gasteiger partial charge is 0.334 e. The van der Waals surface area contributed by atoms with Gasteiger partial charge in [-0.15, -0.1) is 5.26 Å². The lowest BCUT2D eigenvalue weighted by Crippen LogP contribution is -2.42. The number of aliphatic imine (C=N–C) groups is 2. The predicted molar refractivity (Wildman–Crippen MR) is 136 cm³/mol. The fourth-order valence-corrected chi connectivity index (χ4v) is 3.29. The first-order valence-corrected chi connectivity index (χ1v) is 10.7. The van der Waals surface area contributed by atoms with Gasteiger partial charge < -0.3 is 15.4 Å². The van der Waals surface area contributed by atoms with Crippen LogP contribution in [0.3, 0.4) is 0 Å². The summed E-state index contributed by atoms with van der Waals surface area (Å²) in [6, 6.07) is 12.1. The minimum atomic E-state index is -0.854. The van der Waals surface area contributed by atoms with Crippen molar-refractivity contribution in [2.45, 2.75) is 20.8 Å². The van der Waals surface area contributed by atoms with E-state index in [0.29, 0.717) is 28.1 Å². The number of nitriles is 1. The summed E-state index contributed by atoms with van der Waals surface area (Å²) < 4.78 is 4.95.